The fourth-order valence-corrected chi connectivity index (χ4v) is 1.04. The summed E-state index contributed by atoms with van der Waals surface area (Å²) in [6, 6.07) is 0. The molecule has 0 aliphatic carbocycles. The fraction of sp³-hybridized carbons (Fsp3) is 0.125. The van der Waals surface area contributed by atoms with Gasteiger partial charge in [0.05, 0.1) is 7.11 Å². The van der Waals surface area contributed by atoms with Crippen LogP contribution in [-0.2, 0) is 0 Å². The molecule has 15 heavy (non-hydrogen) atoms. The predicted octanol–water partition coefficient (Wildman–Crippen LogP) is 1.39. The Kier molecular flexibility index (Phi) is 2.74. The molecule has 0 amide bonds. The average Bonchev–Trinajstić information content (AvgIpc) is 2.19. The Morgan fingerprint density at radius 1 is 1.27 bits per heavy atom. The summed E-state index contributed by atoms with van der Waals surface area (Å²) in [7, 11) is 0.889. The van der Waals surface area contributed by atoms with Crippen molar-refractivity contribution >= 4 is 11.7 Å². The number of methoxy groups -OCH3 is 1. The smallest absolute Gasteiger partial charge is 0.342 e. The van der Waals surface area contributed by atoms with E-state index < -0.39 is 40.4 Å². The van der Waals surface area contributed by atoms with Crippen LogP contribution in [0.5, 0.6) is 5.75 Å². The van der Waals surface area contributed by atoms with Crippen molar-refractivity contribution in [1.82, 2.24) is 0 Å². The van der Waals surface area contributed by atoms with E-state index in [9.17, 15) is 18.0 Å². The van der Waals surface area contributed by atoms with Crippen LogP contribution in [0.3, 0.4) is 0 Å². The van der Waals surface area contributed by atoms with Crippen molar-refractivity contribution in [2.24, 2.45) is 0 Å². The van der Waals surface area contributed by atoms with Gasteiger partial charge in [-0.05, 0) is 0 Å². The highest BCUT2D eigenvalue weighted by Crippen LogP contribution is 2.32. The summed E-state index contributed by atoms with van der Waals surface area (Å²) < 4.78 is 43.3. The molecule has 82 valence electrons. The van der Waals surface area contributed by atoms with Crippen molar-refractivity contribution in [1.29, 1.82) is 0 Å². The number of nitrogens with two attached hydrogens (primary N) is 1. The molecule has 0 unspecified atom stereocenters. The molecule has 3 N–H and O–H groups in total. The first-order chi connectivity index (χ1) is 6.91. The standard InChI is InChI=1S/C8H6F3NO3/c1-15-7-2(8(13)14)3(9)6(12)4(10)5(7)11/h12H2,1H3,(H,13,14). The van der Waals surface area contributed by atoms with Gasteiger partial charge in [0, 0.05) is 0 Å². The molecule has 1 aromatic rings. The van der Waals surface area contributed by atoms with Gasteiger partial charge in [0.1, 0.15) is 11.3 Å². The molecular formula is C8H6F3NO3. The van der Waals surface area contributed by atoms with Crippen LogP contribution in [0.2, 0.25) is 0 Å². The van der Waals surface area contributed by atoms with Gasteiger partial charge >= 0.3 is 5.97 Å². The summed E-state index contributed by atoms with van der Waals surface area (Å²) in [6.07, 6.45) is 0. The quantitative estimate of drug-likeness (QED) is 0.584. The van der Waals surface area contributed by atoms with Crippen molar-refractivity contribution < 1.29 is 27.8 Å². The number of carboxylic acids is 1. The molecule has 0 saturated heterocycles. The second-order valence-electron chi connectivity index (χ2n) is 2.57. The number of halogens is 3. The normalized spacial score (nSPS) is 10.1. The second-order valence-corrected chi connectivity index (χ2v) is 2.57. The van der Waals surface area contributed by atoms with Gasteiger partial charge in [0.2, 0.25) is 5.82 Å². The number of aromatic carboxylic acids is 1. The van der Waals surface area contributed by atoms with E-state index in [-0.39, 0.29) is 0 Å². The van der Waals surface area contributed by atoms with Crippen molar-refractivity contribution in [3.05, 3.63) is 23.0 Å². The summed E-state index contributed by atoms with van der Waals surface area (Å²) in [5, 5.41) is 8.55. The van der Waals surface area contributed by atoms with Crippen molar-refractivity contribution in [3.8, 4) is 5.75 Å². The molecule has 0 fully saturated rings. The Balaban J connectivity index is 3.70. The Bertz CT molecular complexity index is 434. The minimum Gasteiger partial charge on any atom is -0.493 e. The minimum atomic E-state index is -1.80. The summed E-state index contributed by atoms with van der Waals surface area (Å²) in [5.41, 5.74) is 2.52. The van der Waals surface area contributed by atoms with E-state index in [1.54, 1.807) is 0 Å². The monoisotopic (exact) mass is 221 g/mol. The minimum absolute atomic E-state index is 0.889. The maximum absolute atomic E-state index is 13.1. The van der Waals surface area contributed by atoms with Crippen LogP contribution in [0.4, 0.5) is 18.9 Å². The van der Waals surface area contributed by atoms with Gasteiger partial charge in [-0.1, -0.05) is 0 Å². The van der Waals surface area contributed by atoms with Gasteiger partial charge in [-0.25, -0.2) is 13.6 Å². The van der Waals surface area contributed by atoms with Gasteiger partial charge in [0.25, 0.3) is 0 Å². The number of anilines is 1. The molecule has 1 rings (SSSR count). The van der Waals surface area contributed by atoms with Gasteiger partial charge < -0.3 is 15.6 Å². The number of hydrogen-bond acceptors (Lipinski definition) is 3. The highest BCUT2D eigenvalue weighted by atomic mass is 19.2. The third-order valence-corrected chi connectivity index (χ3v) is 1.73. The molecule has 4 nitrogen and oxygen atoms in total. The number of carbonyl (C=O) groups is 1. The number of rotatable bonds is 2. The van der Waals surface area contributed by atoms with E-state index >= 15 is 0 Å². The molecule has 1 aromatic carbocycles. The largest absolute Gasteiger partial charge is 0.493 e. The topological polar surface area (TPSA) is 72.5 Å². The van der Waals surface area contributed by atoms with Gasteiger partial charge in [0.15, 0.2) is 17.4 Å². The second kappa shape index (κ2) is 3.68. The van der Waals surface area contributed by atoms with E-state index in [0.717, 1.165) is 7.11 Å². The lowest BCUT2D eigenvalue weighted by Gasteiger charge is -2.10. The van der Waals surface area contributed by atoms with E-state index in [2.05, 4.69) is 4.74 Å². The Morgan fingerprint density at radius 3 is 2.20 bits per heavy atom. The molecule has 0 heterocycles. The van der Waals surface area contributed by atoms with Crippen LogP contribution >= 0.6 is 0 Å². The summed E-state index contributed by atoms with van der Waals surface area (Å²) in [4.78, 5) is 10.6. The highest BCUT2D eigenvalue weighted by Gasteiger charge is 2.28. The van der Waals surface area contributed by atoms with Crippen LogP contribution in [0, 0.1) is 17.5 Å². The third-order valence-electron chi connectivity index (χ3n) is 1.73. The number of benzene rings is 1. The zero-order valence-corrected chi connectivity index (χ0v) is 7.47. The Hall–Kier alpha value is -1.92. The first-order valence-electron chi connectivity index (χ1n) is 3.65. The molecule has 7 heteroatoms. The summed E-state index contributed by atoms with van der Waals surface area (Å²) in [6.45, 7) is 0. The fourth-order valence-electron chi connectivity index (χ4n) is 1.04. The Labute approximate surface area is 82.1 Å². The zero-order chi connectivity index (χ0) is 11.7. The highest BCUT2D eigenvalue weighted by molar-refractivity contribution is 5.92. The summed E-state index contributed by atoms with van der Waals surface area (Å²) in [5.74, 6) is -7.68. The van der Waals surface area contributed by atoms with Gasteiger partial charge in [-0.3, -0.25) is 0 Å². The van der Waals surface area contributed by atoms with Crippen LogP contribution in [0.15, 0.2) is 0 Å². The molecule has 0 saturated carbocycles. The maximum Gasteiger partial charge on any atom is 0.342 e. The first kappa shape index (κ1) is 11.2. The molecule has 0 spiro atoms. The molecule has 0 bridgehead atoms. The van der Waals surface area contributed by atoms with Gasteiger partial charge in [-0.15, -0.1) is 0 Å². The van der Waals surface area contributed by atoms with Crippen molar-refractivity contribution in [2.45, 2.75) is 0 Å². The van der Waals surface area contributed by atoms with Crippen LogP contribution in [-0.4, -0.2) is 18.2 Å². The molecule has 0 aliphatic heterocycles. The van der Waals surface area contributed by atoms with E-state index in [1.807, 2.05) is 0 Å². The molecule has 0 aliphatic rings. The average molecular weight is 221 g/mol. The summed E-state index contributed by atoms with van der Waals surface area (Å²) >= 11 is 0. The van der Waals surface area contributed by atoms with Crippen LogP contribution in [0.25, 0.3) is 0 Å². The Morgan fingerprint density at radius 2 is 1.80 bits per heavy atom. The van der Waals surface area contributed by atoms with Crippen molar-refractivity contribution in [2.75, 3.05) is 12.8 Å². The molecular weight excluding hydrogens is 215 g/mol. The molecule has 0 aromatic heterocycles. The molecule has 0 atom stereocenters. The SMILES string of the molecule is COc1c(F)c(F)c(N)c(F)c1C(=O)O. The van der Waals surface area contributed by atoms with Crippen LogP contribution in [0.1, 0.15) is 10.4 Å². The number of hydrogen-bond donors (Lipinski definition) is 2. The third kappa shape index (κ3) is 1.56. The number of ether oxygens (including phenoxy) is 1. The lowest BCUT2D eigenvalue weighted by Crippen LogP contribution is -2.11. The maximum atomic E-state index is 13.1. The van der Waals surface area contributed by atoms with E-state index in [4.69, 9.17) is 10.8 Å². The zero-order valence-electron chi connectivity index (χ0n) is 7.47. The molecule has 0 radical (unpaired) electrons. The lowest BCUT2D eigenvalue weighted by molar-refractivity contribution is 0.0686. The van der Waals surface area contributed by atoms with E-state index in [0.29, 0.717) is 0 Å². The predicted molar refractivity (Wildman–Crippen MR) is 44.2 cm³/mol. The van der Waals surface area contributed by atoms with Crippen LogP contribution < -0.4 is 10.5 Å². The first-order valence-corrected chi connectivity index (χ1v) is 3.65. The van der Waals surface area contributed by atoms with E-state index in [1.165, 1.54) is 0 Å². The number of nitrogen functional groups attached to an aromatic ring is 1. The lowest BCUT2D eigenvalue weighted by atomic mass is 10.1. The van der Waals surface area contributed by atoms with Gasteiger partial charge in [-0.2, -0.15) is 4.39 Å². The van der Waals surface area contributed by atoms with Crippen molar-refractivity contribution in [3.63, 3.8) is 0 Å². The number of carboxylic acid groups (broad SMARTS) is 1.